The Morgan fingerprint density at radius 2 is 1.83 bits per heavy atom. The SMILES string of the molecule is Cc1nc(C2=C(O)CN(c3ccc(C(F)(F)F)cc3)C2=N)sc1C. The van der Waals surface area contributed by atoms with Crippen molar-refractivity contribution in [2.24, 2.45) is 0 Å². The Labute approximate surface area is 140 Å². The minimum atomic E-state index is -4.40. The number of aromatic nitrogens is 1. The zero-order valence-corrected chi connectivity index (χ0v) is 13.7. The Bertz CT molecular complexity index is 818. The molecule has 0 spiro atoms. The Kier molecular flexibility index (Phi) is 3.87. The molecule has 0 bridgehead atoms. The van der Waals surface area contributed by atoms with Gasteiger partial charge in [-0.1, -0.05) is 0 Å². The molecule has 2 heterocycles. The number of alkyl halides is 3. The fourth-order valence-corrected chi connectivity index (χ4v) is 3.42. The summed E-state index contributed by atoms with van der Waals surface area (Å²) in [5, 5.41) is 19.0. The smallest absolute Gasteiger partial charge is 0.416 e. The molecular formula is C16H14F3N3OS. The fourth-order valence-electron chi connectivity index (χ4n) is 2.43. The summed E-state index contributed by atoms with van der Waals surface area (Å²) in [5.74, 6) is 0.0228. The quantitative estimate of drug-likeness (QED) is 0.833. The molecule has 0 amide bonds. The zero-order chi connectivity index (χ0) is 17.6. The molecule has 1 aromatic heterocycles. The summed E-state index contributed by atoms with van der Waals surface area (Å²) in [6.07, 6.45) is -4.40. The van der Waals surface area contributed by atoms with Crippen molar-refractivity contribution in [2.45, 2.75) is 20.0 Å². The average Bonchev–Trinajstić information content (AvgIpc) is 2.98. The van der Waals surface area contributed by atoms with Crippen LogP contribution >= 0.6 is 11.3 Å². The van der Waals surface area contributed by atoms with Crippen LogP contribution in [0.1, 0.15) is 21.1 Å². The van der Waals surface area contributed by atoms with Gasteiger partial charge >= 0.3 is 6.18 Å². The predicted molar refractivity (Wildman–Crippen MR) is 87.7 cm³/mol. The number of thiazole rings is 1. The van der Waals surface area contributed by atoms with Crippen molar-refractivity contribution >= 4 is 28.4 Å². The van der Waals surface area contributed by atoms with Crippen molar-refractivity contribution in [1.29, 1.82) is 5.41 Å². The Balaban J connectivity index is 1.90. The van der Waals surface area contributed by atoms with Crippen LogP contribution < -0.4 is 4.90 Å². The lowest BCUT2D eigenvalue weighted by atomic mass is 10.2. The third kappa shape index (κ3) is 2.77. The molecule has 4 nitrogen and oxygen atoms in total. The molecule has 1 aromatic carbocycles. The summed E-state index contributed by atoms with van der Waals surface area (Å²) in [7, 11) is 0. The van der Waals surface area contributed by atoms with Crippen molar-refractivity contribution in [3.63, 3.8) is 0 Å². The van der Waals surface area contributed by atoms with Crippen molar-refractivity contribution in [2.75, 3.05) is 11.4 Å². The first-order valence-electron chi connectivity index (χ1n) is 7.08. The first-order chi connectivity index (χ1) is 11.2. The van der Waals surface area contributed by atoms with Crippen LogP contribution in [0.4, 0.5) is 18.9 Å². The number of benzene rings is 1. The van der Waals surface area contributed by atoms with E-state index in [2.05, 4.69) is 4.98 Å². The van der Waals surface area contributed by atoms with Crippen LogP contribution in [0.3, 0.4) is 0 Å². The third-order valence-electron chi connectivity index (χ3n) is 3.85. The third-order valence-corrected chi connectivity index (χ3v) is 4.94. The van der Waals surface area contributed by atoms with Gasteiger partial charge < -0.3 is 10.0 Å². The van der Waals surface area contributed by atoms with Crippen molar-refractivity contribution in [3.05, 3.63) is 51.2 Å². The van der Waals surface area contributed by atoms with E-state index in [4.69, 9.17) is 5.41 Å². The highest BCUT2D eigenvalue weighted by molar-refractivity contribution is 7.13. The van der Waals surface area contributed by atoms with Gasteiger partial charge in [-0.25, -0.2) is 4.98 Å². The second-order valence-corrected chi connectivity index (χ2v) is 6.66. The van der Waals surface area contributed by atoms with Gasteiger partial charge in [-0.05, 0) is 38.1 Å². The lowest BCUT2D eigenvalue weighted by Gasteiger charge is -2.19. The highest BCUT2D eigenvalue weighted by atomic mass is 32.1. The number of nitrogens with one attached hydrogen (secondary N) is 1. The molecule has 0 atom stereocenters. The molecule has 0 radical (unpaired) electrons. The van der Waals surface area contributed by atoms with Gasteiger partial charge in [-0.3, -0.25) is 5.41 Å². The monoisotopic (exact) mass is 353 g/mol. The summed E-state index contributed by atoms with van der Waals surface area (Å²) in [5.41, 5.74) is 0.826. The summed E-state index contributed by atoms with van der Waals surface area (Å²) in [6.45, 7) is 3.79. The first-order valence-corrected chi connectivity index (χ1v) is 7.90. The highest BCUT2D eigenvalue weighted by Crippen LogP contribution is 2.35. The maximum Gasteiger partial charge on any atom is 0.416 e. The van der Waals surface area contributed by atoms with Gasteiger partial charge in [0.25, 0.3) is 0 Å². The molecule has 0 fully saturated rings. The van der Waals surface area contributed by atoms with Gasteiger partial charge in [0.2, 0.25) is 0 Å². The number of amidine groups is 1. The van der Waals surface area contributed by atoms with E-state index < -0.39 is 11.7 Å². The van der Waals surface area contributed by atoms with Crippen LogP contribution in [-0.4, -0.2) is 22.5 Å². The van der Waals surface area contributed by atoms with Crippen LogP contribution in [0.2, 0.25) is 0 Å². The molecule has 2 aromatic rings. The second-order valence-electron chi connectivity index (χ2n) is 5.46. The van der Waals surface area contributed by atoms with Crippen molar-refractivity contribution in [1.82, 2.24) is 4.98 Å². The molecule has 0 saturated heterocycles. The molecule has 24 heavy (non-hydrogen) atoms. The summed E-state index contributed by atoms with van der Waals surface area (Å²) >= 11 is 1.38. The average molecular weight is 353 g/mol. The number of aliphatic hydroxyl groups excluding tert-OH is 1. The number of hydrogen-bond donors (Lipinski definition) is 2. The van der Waals surface area contributed by atoms with Crippen LogP contribution in [0.25, 0.3) is 5.57 Å². The molecule has 3 rings (SSSR count). The molecule has 0 aliphatic carbocycles. The number of nitrogens with zero attached hydrogens (tertiary/aromatic N) is 2. The molecule has 1 aliphatic rings. The minimum Gasteiger partial charge on any atom is -0.510 e. The zero-order valence-electron chi connectivity index (χ0n) is 12.9. The standard InChI is InChI=1S/C16H14F3N3OS/c1-8-9(2)24-15(21-8)13-12(23)7-22(14(13)20)11-5-3-10(4-6-11)16(17,18)19/h3-6,20,23H,7H2,1-2H3. The summed E-state index contributed by atoms with van der Waals surface area (Å²) in [6, 6.07) is 4.53. The number of halogens is 3. The van der Waals surface area contributed by atoms with Gasteiger partial charge in [-0.15, -0.1) is 11.3 Å². The number of anilines is 1. The first kappa shape index (κ1) is 16.5. The van der Waals surface area contributed by atoms with E-state index in [1.54, 1.807) is 0 Å². The summed E-state index contributed by atoms with van der Waals surface area (Å²) in [4.78, 5) is 6.80. The van der Waals surface area contributed by atoms with E-state index in [9.17, 15) is 18.3 Å². The largest absolute Gasteiger partial charge is 0.510 e. The van der Waals surface area contributed by atoms with Crippen molar-refractivity contribution in [3.8, 4) is 0 Å². The Morgan fingerprint density at radius 3 is 2.33 bits per heavy atom. The van der Waals surface area contributed by atoms with E-state index in [0.29, 0.717) is 16.3 Å². The highest BCUT2D eigenvalue weighted by Gasteiger charge is 2.33. The summed E-state index contributed by atoms with van der Waals surface area (Å²) < 4.78 is 37.9. The van der Waals surface area contributed by atoms with Gasteiger partial charge in [0.15, 0.2) is 0 Å². The Hall–Kier alpha value is -2.35. The fraction of sp³-hybridized carbons (Fsp3) is 0.250. The van der Waals surface area contributed by atoms with Gasteiger partial charge in [-0.2, -0.15) is 13.2 Å². The number of hydrogen-bond acceptors (Lipinski definition) is 4. The normalized spacial score (nSPS) is 15.5. The topological polar surface area (TPSA) is 60.2 Å². The predicted octanol–water partition coefficient (Wildman–Crippen LogP) is 4.55. The van der Waals surface area contributed by atoms with E-state index in [-0.39, 0.29) is 18.1 Å². The van der Waals surface area contributed by atoms with Crippen LogP contribution in [0.15, 0.2) is 30.0 Å². The lowest BCUT2D eigenvalue weighted by Crippen LogP contribution is -2.26. The van der Waals surface area contributed by atoms with Gasteiger partial charge in [0, 0.05) is 10.6 Å². The number of rotatable bonds is 2. The minimum absolute atomic E-state index is 0.00588. The maximum absolute atomic E-state index is 12.6. The van der Waals surface area contributed by atoms with Crippen LogP contribution in [-0.2, 0) is 6.18 Å². The van der Waals surface area contributed by atoms with Gasteiger partial charge in [0.1, 0.15) is 16.6 Å². The molecule has 0 unspecified atom stereocenters. The molecule has 2 N–H and O–H groups in total. The molecule has 0 saturated carbocycles. The van der Waals surface area contributed by atoms with Crippen LogP contribution in [0.5, 0.6) is 0 Å². The second kappa shape index (κ2) is 5.62. The van der Waals surface area contributed by atoms with Crippen molar-refractivity contribution < 1.29 is 18.3 Å². The number of aliphatic hydroxyl groups is 1. The van der Waals surface area contributed by atoms with E-state index >= 15 is 0 Å². The molecule has 1 aliphatic heterocycles. The number of aryl methyl sites for hydroxylation is 2. The van der Waals surface area contributed by atoms with Crippen LogP contribution in [0, 0.1) is 19.3 Å². The Morgan fingerprint density at radius 1 is 1.21 bits per heavy atom. The molecule has 8 heteroatoms. The van der Waals surface area contributed by atoms with Gasteiger partial charge in [0.05, 0.1) is 23.4 Å². The molecular weight excluding hydrogens is 339 g/mol. The molecule has 126 valence electrons. The maximum atomic E-state index is 12.6. The lowest BCUT2D eigenvalue weighted by molar-refractivity contribution is -0.137. The van der Waals surface area contributed by atoms with E-state index in [1.165, 1.54) is 28.4 Å². The van der Waals surface area contributed by atoms with E-state index in [1.807, 2.05) is 13.8 Å². The van der Waals surface area contributed by atoms with E-state index in [0.717, 1.165) is 22.7 Å².